The van der Waals surface area contributed by atoms with E-state index >= 15 is 0 Å². The highest BCUT2D eigenvalue weighted by Crippen LogP contribution is 2.33. The first-order chi connectivity index (χ1) is 15.9. The molecule has 0 spiro atoms. The molecule has 0 aliphatic carbocycles. The van der Waals surface area contributed by atoms with Crippen LogP contribution in [-0.4, -0.2) is 35.9 Å². The summed E-state index contributed by atoms with van der Waals surface area (Å²) in [6, 6.07) is 26.8. The van der Waals surface area contributed by atoms with E-state index in [9.17, 15) is 9.18 Å². The molecule has 4 heteroatoms. The van der Waals surface area contributed by atoms with Crippen molar-refractivity contribution in [3.05, 3.63) is 102 Å². The van der Waals surface area contributed by atoms with Gasteiger partial charge < -0.3 is 9.47 Å². The van der Waals surface area contributed by atoms with Gasteiger partial charge in [-0.1, -0.05) is 42.5 Å². The van der Waals surface area contributed by atoms with Gasteiger partial charge in [0, 0.05) is 17.7 Å². The first kappa shape index (κ1) is 22.7. The number of aryl methyl sites for hydroxylation is 1. The van der Waals surface area contributed by atoms with Gasteiger partial charge in [0.2, 0.25) is 0 Å². The quantitative estimate of drug-likeness (QED) is 0.282. The zero-order valence-corrected chi connectivity index (χ0v) is 19.4. The Morgan fingerprint density at radius 1 is 0.818 bits per heavy atom. The van der Waals surface area contributed by atoms with Crippen LogP contribution in [0.15, 0.2) is 84.9 Å². The van der Waals surface area contributed by atoms with E-state index in [2.05, 4.69) is 40.7 Å². The minimum absolute atomic E-state index is 0.171. The Hall–Kier alpha value is -3.50. The van der Waals surface area contributed by atoms with E-state index in [0.29, 0.717) is 6.42 Å². The van der Waals surface area contributed by atoms with Crippen LogP contribution in [0.4, 0.5) is 4.39 Å². The van der Waals surface area contributed by atoms with Crippen LogP contribution in [0.1, 0.15) is 28.8 Å². The van der Waals surface area contributed by atoms with Gasteiger partial charge in [0.1, 0.15) is 5.82 Å². The molecule has 0 saturated heterocycles. The molecule has 4 rings (SSSR count). The second kappa shape index (κ2) is 9.97. The highest BCUT2D eigenvalue weighted by molar-refractivity contribution is 5.96. The standard InChI is InChI=1S/C29H29FN2O/c1-21-7-4-5-8-26(21)32-27(18-19-28(32)23-14-16-25(30)17-15-23)22-10-12-24(13-11-22)29(33)9-6-20-31(2)3/h4-5,7-8,10-19H,6,9,20H2,1-3H3. The molecule has 0 aliphatic heterocycles. The fraction of sp³-hybridized carbons (Fsp3) is 0.207. The minimum atomic E-state index is -0.251. The molecular weight excluding hydrogens is 411 g/mol. The van der Waals surface area contributed by atoms with Crippen LogP contribution in [0, 0.1) is 12.7 Å². The van der Waals surface area contributed by atoms with Crippen LogP contribution >= 0.6 is 0 Å². The number of rotatable bonds is 8. The lowest BCUT2D eigenvalue weighted by Gasteiger charge is -2.17. The molecule has 0 N–H and O–H groups in total. The van der Waals surface area contributed by atoms with Crippen molar-refractivity contribution in [2.24, 2.45) is 0 Å². The zero-order valence-electron chi connectivity index (χ0n) is 19.4. The number of halogens is 1. The van der Waals surface area contributed by atoms with E-state index < -0.39 is 0 Å². The van der Waals surface area contributed by atoms with Crippen molar-refractivity contribution in [1.29, 1.82) is 0 Å². The Bertz CT molecular complexity index is 1240. The van der Waals surface area contributed by atoms with Crippen molar-refractivity contribution in [1.82, 2.24) is 9.47 Å². The summed E-state index contributed by atoms with van der Waals surface area (Å²) in [4.78, 5) is 14.7. The Balaban J connectivity index is 1.71. The topological polar surface area (TPSA) is 25.2 Å². The van der Waals surface area contributed by atoms with Crippen LogP contribution in [0.3, 0.4) is 0 Å². The van der Waals surface area contributed by atoms with Gasteiger partial charge in [-0.05, 0) is 93.1 Å². The molecule has 0 fully saturated rings. The Morgan fingerprint density at radius 2 is 1.39 bits per heavy atom. The lowest BCUT2D eigenvalue weighted by atomic mass is 10.0. The summed E-state index contributed by atoms with van der Waals surface area (Å²) in [5, 5.41) is 0. The molecule has 0 unspecified atom stereocenters. The summed E-state index contributed by atoms with van der Waals surface area (Å²) >= 11 is 0. The second-order valence-corrected chi connectivity index (χ2v) is 8.64. The number of Topliss-reactive ketones (excluding diaryl/α,β-unsaturated/α-hetero) is 1. The van der Waals surface area contributed by atoms with E-state index in [0.717, 1.165) is 52.3 Å². The summed E-state index contributed by atoms with van der Waals surface area (Å²) in [6.07, 6.45) is 1.40. The van der Waals surface area contributed by atoms with Crippen LogP contribution in [-0.2, 0) is 0 Å². The van der Waals surface area contributed by atoms with E-state index in [1.54, 1.807) is 12.1 Å². The van der Waals surface area contributed by atoms with Crippen molar-refractivity contribution >= 4 is 5.78 Å². The number of para-hydroxylation sites is 1. The van der Waals surface area contributed by atoms with Gasteiger partial charge in [-0.15, -0.1) is 0 Å². The number of benzene rings is 3. The molecule has 1 aromatic heterocycles. The smallest absolute Gasteiger partial charge is 0.162 e. The third-order valence-corrected chi connectivity index (χ3v) is 5.89. The molecule has 0 radical (unpaired) electrons. The highest BCUT2D eigenvalue weighted by Gasteiger charge is 2.16. The number of carbonyl (C=O) groups is 1. The lowest BCUT2D eigenvalue weighted by molar-refractivity contribution is 0.0977. The normalized spacial score (nSPS) is 11.2. The predicted octanol–water partition coefficient (Wildman–Crippen LogP) is 6.78. The Labute approximate surface area is 195 Å². The molecule has 3 aromatic carbocycles. The van der Waals surface area contributed by atoms with Crippen LogP contribution < -0.4 is 0 Å². The summed E-state index contributed by atoms with van der Waals surface area (Å²) in [5.74, 6) is -0.0801. The summed E-state index contributed by atoms with van der Waals surface area (Å²) in [5.41, 5.74) is 6.94. The molecule has 0 atom stereocenters. The summed E-state index contributed by atoms with van der Waals surface area (Å²) in [7, 11) is 4.03. The average molecular weight is 441 g/mol. The number of hydrogen-bond donors (Lipinski definition) is 0. The van der Waals surface area contributed by atoms with E-state index in [-0.39, 0.29) is 11.6 Å². The molecule has 33 heavy (non-hydrogen) atoms. The van der Waals surface area contributed by atoms with E-state index in [4.69, 9.17) is 0 Å². The van der Waals surface area contributed by atoms with Gasteiger partial charge in [0.15, 0.2) is 5.78 Å². The minimum Gasteiger partial charge on any atom is -0.309 e. The third-order valence-electron chi connectivity index (χ3n) is 5.89. The van der Waals surface area contributed by atoms with Gasteiger partial charge in [0.05, 0.1) is 11.4 Å². The van der Waals surface area contributed by atoms with Crippen LogP contribution in [0.5, 0.6) is 0 Å². The molecule has 3 nitrogen and oxygen atoms in total. The number of carbonyl (C=O) groups excluding carboxylic acids is 1. The van der Waals surface area contributed by atoms with Gasteiger partial charge in [-0.3, -0.25) is 4.79 Å². The monoisotopic (exact) mass is 440 g/mol. The SMILES string of the molecule is Cc1ccccc1-n1c(-c2ccc(F)cc2)ccc1-c1ccc(C(=O)CCCN(C)C)cc1. The maximum absolute atomic E-state index is 13.5. The fourth-order valence-corrected chi connectivity index (χ4v) is 4.11. The van der Waals surface area contributed by atoms with Crippen molar-refractivity contribution in [3.63, 3.8) is 0 Å². The van der Waals surface area contributed by atoms with Crippen molar-refractivity contribution in [2.45, 2.75) is 19.8 Å². The third kappa shape index (κ3) is 5.12. The van der Waals surface area contributed by atoms with Gasteiger partial charge in [0.25, 0.3) is 0 Å². The van der Waals surface area contributed by atoms with Crippen molar-refractivity contribution in [3.8, 4) is 28.2 Å². The average Bonchev–Trinajstić information content (AvgIpc) is 3.24. The molecule has 0 bridgehead atoms. The van der Waals surface area contributed by atoms with E-state index in [1.807, 2.05) is 50.5 Å². The molecule has 4 aromatic rings. The molecular formula is C29H29FN2O. The van der Waals surface area contributed by atoms with Crippen molar-refractivity contribution < 1.29 is 9.18 Å². The fourth-order valence-electron chi connectivity index (χ4n) is 4.11. The summed E-state index contributed by atoms with van der Waals surface area (Å²) in [6.45, 7) is 2.99. The Kier molecular flexibility index (Phi) is 6.85. The largest absolute Gasteiger partial charge is 0.309 e. The van der Waals surface area contributed by atoms with E-state index in [1.165, 1.54) is 12.1 Å². The van der Waals surface area contributed by atoms with Crippen LogP contribution in [0.2, 0.25) is 0 Å². The lowest BCUT2D eigenvalue weighted by Crippen LogP contribution is -2.14. The van der Waals surface area contributed by atoms with Gasteiger partial charge in [-0.2, -0.15) is 0 Å². The first-order valence-electron chi connectivity index (χ1n) is 11.3. The highest BCUT2D eigenvalue weighted by atomic mass is 19.1. The van der Waals surface area contributed by atoms with Crippen LogP contribution in [0.25, 0.3) is 28.2 Å². The maximum atomic E-state index is 13.5. The summed E-state index contributed by atoms with van der Waals surface area (Å²) < 4.78 is 15.7. The second-order valence-electron chi connectivity index (χ2n) is 8.64. The molecule has 0 aliphatic rings. The number of ketones is 1. The number of aromatic nitrogens is 1. The zero-order chi connectivity index (χ0) is 23.4. The molecule has 1 heterocycles. The van der Waals surface area contributed by atoms with Crippen molar-refractivity contribution in [2.75, 3.05) is 20.6 Å². The number of hydrogen-bond acceptors (Lipinski definition) is 2. The maximum Gasteiger partial charge on any atom is 0.162 e. The van der Waals surface area contributed by atoms with Gasteiger partial charge >= 0.3 is 0 Å². The molecule has 168 valence electrons. The van der Waals surface area contributed by atoms with Gasteiger partial charge in [-0.25, -0.2) is 4.39 Å². The first-order valence-corrected chi connectivity index (χ1v) is 11.3. The number of nitrogens with zero attached hydrogens (tertiary/aromatic N) is 2. The molecule has 0 saturated carbocycles. The Morgan fingerprint density at radius 3 is 1.97 bits per heavy atom. The molecule has 0 amide bonds. The predicted molar refractivity (Wildman–Crippen MR) is 133 cm³/mol.